The molecular formula is C25H39N3O3SSi. The smallest absolute Gasteiger partial charge is 0.243 e. The molecule has 2 aliphatic heterocycles. The van der Waals surface area contributed by atoms with Crippen LogP contribution in [0.4, 0.5) is 0 Å². The summed E-state index contributed by atoms with van der Waals surface area (Å²) < 4.78 is 6.54. The monoisotopic (exact) mass is 489 g/mol. The molecule has 182 valence electrons. The molecule has 8 heteroatoms. The van der Waals surface area contributed by atoms with Gasteiger partial charge in [0.15, 0.2) is 8.32 Å². The van der Waals surface area contributed by atoms with Crippen molar-refractivity contribution in [3.05, 3.63) is 41.1 Å². The fourth-order valence-corrected chi connectivity index (χ4v) is 6.35. The summed E-state index contributed by atoms with van der Waals surface area (Å²) in [5, 5.41) is 6.45. The SMILES string of the molecule is CC(=O)N1C[C@H](O[Si](C)(C)C(C)(C)C)C[C@H]1C(=O)N[C@@H](C)c1ccc(C2=C(C)NC=[SH]2)cc1. The molecule has 0 saturated carbocycles. The van der Waals surface area contributed by atoms with Crippen LogP contribution in [0.25, 0.3) is 4.91 Å². The minimum atomic E-state index is -1.99. The Bertz CT molecular complexity index is 966. The van der Waals surface area contributed by atoms with E-state index in [2.05, 4.69) is 75.7 Å². The number of nitrogens with zero attached hydrogens (tertiary/aromatic N) is 1. The molecular weight excluding hydrogens is 450 g/mol. The molecule has 3 rings (SSSR count). The number of likely N-dealkylation sites (tertiary alicyclic amines) is 1. The fourth-order valence-electron chi connectivity index (χ4n) is 4.05. The Labute approximate surface area is 203 Å². The minimum Gasteiger partial charge on any atom is -0.412 e. The van der Waals surface area contributed by atoms with Crippen LogP contribution >= 0.6 is 11.4 Å². The Morgan fingerprint density at radius 3 is 2.39 bits per heavy atom. The molecule has 0 unspecified atom stereocenters. The average molecular weight is 490 g/mol. The largest absolute Gasteiger partial charge is 0.412 e. The van der Waals surface area contributed by atoms with Gasteiger partial charge < -0.3 is 20.0 Å². The Hall–Kier alpha value is -1.90. The molecule has 2 heterocycles. The highest BCUT2D eigenvalue weighted by atomic mass is 32.1. The van der Waals surface area contributed by atoms with Crippen LogP contribution in [0, 0.1) is 0 Å². The van der Waals surface area contributed by atoms with Crippen molar-refractivity contribution in [2.45, 2.75) is 84.3 Å². The molecule has 0 radical (unpaired) electrons. The quantitative estimate of drug-likeness (QED) is 0.315. The summed E-state index contributed by atoms with van der Waals surface area (Å²) in [6.45, 7) is 17.1. The first-order valence-corrected chi connectivity index (χ1v) is 15.5. The predicted molar refractivity (Wildman–Crippen MR) is 142 cm³/mol. The lowest BCUT2D eigenvalue weighted by Gasteiger charge is -2.38. The zero-order chi connectivity index (χ0) is 24.6. The van der Waals surface area contributed by atoms with E-state index in [9.17, 15) is 9.59 Å². The Balaban J connectivity index is 1.67. The number of hydrogen-bond donors (Lipinski definition) is 3. The fraction of sp³-hybridized carbons (Fsp3) is 0.560. The summed E-state index contributed by atoms with van der Waals surface area (Å²) >= 11 is 1.17. The average Bonchev–Trinajstić information content (AvgIpc) is 3.33. The maximum absolute atomic E-state index is 13.2. The van der Waals surface area contributed by atoms with Crippen LogP contribution in [0.1, 0.15) is 65.1 Å². The molecule has 2 amide bonds. The Morgan fingerprint density at radius 1 is 1.24 bits per heavy atom. The molecule has 1 aromatic rings. The van der Waals surface area contributed by atoms with Crippen molar-refractivity contribution in [1.82, 2.24) is 15.5 Å². The zero-order valence-electron chi connectivity index (χ0n) is 21.2. The van der Waals surface area contributed by atoms with Crippen LogP contribution in [0.3, 0.4) is 0 Å². The van der Waals surface area contributed by atoms with Crippen LogP contribution < -0.4 is 10.6 Å². The second-order valence-electron chi connectivity index (χ2n) is 10.7. The molecule has 0 spiro atoms. The molecule has 3 atom stereocenters. The highest BCUT2D eigenvalue weighted by Gasteiger charge is 2.45. The number of hydrogen-bond acceptors (Lipinski definition) is 4. The van der Waals surface area contributed by atoms with Gasteiger partial charge in [-0.1, -0.05) is 45.0 Å². The van der Waals surface area contributed by atoms with Gasteiger partial charge in [-0.05, 0) is 43.1 Å². The highest BCUT2D eigenvalue weighted by Crippen LogP contribution is 2.39. The third-order valence-corrected chi connectivity index (χ3v) is 12.8. The molecule has 6 nitrogen and oxygen atoms in total. The van der Waals surface area contributed by atoms with Crippen molar-refractivity contribution in [2.24, 2.45) is 0 Å². The maximum atomic E-state index is 13.2. The first-order valence-electron chi connectivity index (χ1n) is 11.7. The topological polar surface area (TPSA) is 70.7 Å². The van der Waals surface area contributed by atoms with Crippen LogP contribution in [0.15, 0.2) is 30.0 Å². The van der Waals surface area contributed by atoms with E-state index < -0.39 is 14.4 Å². The lowest BCUT2D eigenvalue weighted by Crippen LogP contribution is -2.46. The summed E-state index contributed by atoms with van der Waals surface area (Å²) in [6.07, 6.45) is 0.437. The summed E-state index contributed by atoms with van der Waals surface area (Å²) in [5.41, 5.74) is 5.43. The van der Waals surface area contributed by atoms with Gasteiger partial charge in [-0.25, -0.2) is 0 Å². The number of carbonyl (C=O) groups is 2. The number of allylic oxidation sites excluding steroid dienone is 1. The number of thiol groups is 1. The number of benzene rings is 1. The summed E-state index contributed by atoms with van der Waals surface area (Å²) in [6, 6.07) is 7.69. The molecule has 2 N–H and O–H groups in total. The van der Waals surface area contributed by atoms with Crippen LogP contribution in [-0.2, 0) is 14.0 Å². The lowest BCUT2D eigenvalue weighted by molar-refractivity contribution is -0.137. The van der Waals surface area contributed by atoms with Crippen molar-refractivity contribution < 1.29 is 14.0 Å². The first kappa shape index (κ1) is 25.7. The normalized spacial score (nSPS) is 22.1. The zero-order valence-corrected chi connectivity index (χ0v) is 23.0. The van der Waals surface area contributed by atoms with E-state index in [4.69, 9.17) is 4.43 Å². The van der Waals surface area contributed by atoms with Crippen molar-refractivity contribution in [2.75, 3.05) is 6.54 Å². The molecule has 1 aromatic carbocycles. The van der Waals surface area contributed by atoms with E-state index >= 15 is 0 Å². The Kier molecular flexibility index (Phi) is 7.60. The molecule has 0 bridgehead atoms. The lowest BCUT2D eigenvalue weighted by atomic mass is 10.0. The van der Waals surface area contributed by atoms with E-state index in [0.717, 1.165) is 5.56 Å². The number of rotatable bonds is 6. The number of amides is 2. The van der Waals surface area contributed by atoms with E-state index in [0.29, 0.717) is 13.0 Å². The first-order chi connectivity index (χ1) is 15.3. The van der Waals surface area contributed by atoms with Gasteiger partial charge in [0.05, 0.1) is 12.1 Å². The standard InChI is InChI=1S/C25H39N3O3SSi/c1-16(19-9-11-20(12-10-19)23-17(2)26-15-32-23)27-24(30)22-13-21(14-28(22)18(3)29)31-33(7,8)25(4,5)6/h9-12,15-16,21-22,26,32H,13-14H2,1-8H3,(H,27,30)/t16-,21+,22-/m0/s1. The van der Waals surface area contributed by atoms with Crippen LogP contribution in [-0.4, -0.2) is 49.2 Å². The second kappa shape index (κ2) is 9.76. The molecule has 2 aliphatic rings. The van der Waals surface area contributed by atoms with E-state index in [1.807, 2.05) is 12.4 Å². The molecule has 0 aliphatic carbocycles. The van der Waals surface area contributed by atoms with Gasteiger partial charge >= 0.3 is 0 Å². The predicted octanol–water partition coefficient (Wildman–Crippen LogP) is 4.39. The van der Waals surface area contributed by atoms with Gasteiger partial charge in [-0.15, -0.1) is 0 Å². The van der Waals surface area contributed by atoms with Crippen LogP contribution in [0.2, 0.25) is 18.1 Å². The van der Waals surface area contributed by atoms with E-state index in [1.165, 1.54) is 34.4 Å². The summed E-state index contributed by atoms with van der Waals surface area (Å²) in [5.74, 6) is -0.201. The maximum Gasteiger partial charge on any atom is 0.243 e. The molecule has 33 heavy (non-hydrogen) atoms. The number of carbonyl (C=O) groups excluding carboxylic acids is 2. The van der Waals surface area contributed by atoms with E-state index in [-0.39, 0.29) is 29.0 Å². The van der Waals surface area contributed by atoms with Crippen LogP contribution in [0.5, 0.6) is 0 Å². The van der Waals surface area contributed by atoms with Crippen molar-refractivity contribution in [1.29, 1.82) is 0 Å². The third-order valence-electron chi connectivity index (χ3n) is 7.11. The second-order valence-corrected chi connectivity index (χ2v) is 16.4. The van der Waals surface area contributed by atoms with Gasteiger partial charge in [-0.3, -0.25) is 9.59 Å². The minimum absolute atomic E-state index is 0.0791. The Morgan fingerprint density at radius 2 is 1.88 bits per heavy atom. The van der Waals surface area contributed by atoms with E-state index in [1.54, 1.807) is 4.90 Å². The number of nitrogens with one attached hydrogen (secondary N) is 2. The van der Waals surface area contributed by atoms with Gasteiger partial charge in [-0.2, -0.15) is 11.4 Å². The van der Waals surface area contributed by atoms with Gasteiger partial charge in [0.1, 0.15) is 6.04 Å². The third kappa shape index (κ3) is 5.78. The van der Waals surface area contributed by atoms with Crippen molar-refractivity contribution in [3.8, 4) is 0 Å². The summed E-state index contributed by atoms with van der Waals surface area (Å²) in [7, 11) is -1.99. The highest BCUT2D eigenvalue weighted by molar-refractivity contribution is 8.06. The molecule has 1 fully saturated rings. The van der Waals surface area contributed by atoms with Gasteiger partial charge in [0.25, 0.3) is 0 Å². The molecule has 1 saturated heterocycles. The van der Waals surface area contributed by atoms with Crippen molar-refractivity contribution >= 4 is 41.9 Å². The summed E-state index contributed by atoms with van der Waals surface area (Å²) in [4.78, 5) is 28.4. The van der Waals surface area contributed by atoms with Crippen molar-refractivity contribution in [3.63, 3.8) is 0 Å². The molecule has 0 aromatic heterocycles. The van der Waals surface area contributed by atoms with Gasteiger partial charge in [0, 0.05) is 36.0 Å². The van der Waals surface area contributed by atoms with Gasteiger partial charge in [0.2, 0.25) is 11.8 Å².